The molecule has 2 N–H and O–H groups in total. The van der Waals surface area contributed by atoms with Gasteiger partial charge in [0.15, 0.2) is 5.78 Å². The lowest BCUT2D eigenvalue weighted by molar-refractivity contribution is -0.191. The summed E-state index contributed by atoms with van der Waals surface area (Å²) in [6.45, 7) is 2.03. The number of aryl methyl sites for hydroxylation is 1. The van der Waals surface area contributed by atoms with Gasteiger partial charge in [0.05, 0.1) is 5.56 Å². The minimum Gasteiger partial charge on any atom is -0.399 e. The minimum absolute atomic E-state index is 0.125. The monoisotopic (exact) mass is 649 g/mol. The van der Waals surface area contributed by atoms with Crippen molar-refractivity contribution in [2.24, 2.45) is 0 Å². The molecule has 0 aliphatic heterocycles. The summed E-state index contributed by atoms with van der Waals surface area (Å²) in [6.07, 6.45) is -3.59. The number of benzene rings is 4. The first-order chi connectivity index (χ1) is 18.0. The third-order valence-corrected chi connectivity index (χ3v) is 5.56. The molecule has 198 valence electrons. The lowest BCUT2D eigenvalue weighted by Crippen LogP contribution is -2.04. The molecule has 0 radical (unpaired) electrons. The molecule has 0 aliphatic rings. The maximum absolute atomic E-state index is 12.1. The molecular weight excluding hydrogens is 627 g/mol. The van der Waals surface area contributed by atoms with Gasteiger partial charge in [-0.05, 0) is 55.0 Å². The van der Waals surface area contributed by atoms with E-state index in [2.05, 4.69) is 37.9 Å². The molecule has 38 heavy (non-hydrogen) atoms. The molecule has 0 heterocycles. The number of carbonyl (C=O) groups excluding carboxylic acids is 3. The van der Waals surface area contributed by atoms with Gasteiger partial charge in [0.2, 0.25) is 0 Å². The average Bonchev–Trinajstić information content (AvgIpc) is 2.85. The highest BCUT2D eigenvalue weighted by atomic mass is 79.9. The van der Waals surface area contributed by atoms with Crippen LogP contribution in [0.15, 0.2) is 112 Å². The largest absolute Gasteiger partial charge is 0.416 e. The second-order valence-electron chi connectivity index (χ2n) is 7.60. The quantitative estimate of drug-likeness (QED) is 0.179. The van der Waals surface area contributed by atoms with Crippen LogP contribution in [0.4, 0.5) is 18.9 Å². The Bertz CT molecular complexity index is 1320. The van der Waals surface area contributed by atoms with Crippen LogP contribution >= 0.6 is 31.9 Å². The number of carbonyl (C=O) groups is 1. The predicted molar refractivity (Wildman–Crippen MR) is 148 cm³/mol. The van der Waals surface area contributed by atoms with Gasteiger partial charge in [0, 0.05) is 26.6 Å². The maximum atomic E-state index is 12.1. The van der Waals surface area contributed by atoms with Crippen LogP contribution in [0.2, 0.25) is 0 Å². The Balaban J connectivity index is 0.000000294. The first kappa shape index (κ1) is 32.5. The third kappa shape index (κ3) is 13.7. The summed E-state index contributed by atoms with van der Waals surface area (Å²) >= 11 is 6.69. The third-order valence-electron chi connectivity index (χ3n) is 4.54. The molecule has 0 aliphatic carbocycles. The predicted octanol–water partition coefficient (Wildman–Crippen LogP) is 8.34. The summed E-state index contributed by atoms with van der Waals surface area (Å²) in [5, 5.41) is 0. The standard InChI is InChI=1S/C15H13BrO.C7H6F3N.C6H5Br.CO2/c1-11-4-2-5-12(8-11)9-15(17)13-6-3-7-14(16)10-13;8-7(9,10)5-2-1-3-6(11)4-5;7-6-4-2-1-3-5-6;2-1-3/h2-8,10H,9H2,1H3;1-4H,11H2;1-5H;. The minimum atomic E-state index is -4.30. The van der Waals surface area contributed by atoms with Crippen LogP contribution in [0.25, 0.3) is 0 Å². The first-order valence-corrected chi connectivity index (χ1v) is 12.5. The molecule has 0 amide bonds. The van der Waals surface area contributed by atoms with Crippen molar-refractivity contribution in [3.05, 3.63) is 134 Å². The van der Waals surface area contributed by atoms with Gasteiger partial charge in [-0.1, -0.05) is 98.1 Å². The number of Topliss-reactive ketones (excluding diaryl/α,β-unsaturated/α-hetero) is 1. The zero-order valence-electron chi connectivity index (χ0n) is 20.2. The van der Waals surface area contributed by atoms with Gasteiger partial charge in [-0.15, -0.1) is 0 Å². The van der Waals surface area contributed by atoms with E-state index in [0.29, 0.717) is 6.42 Å². The van der Waals surface area contributed by atoms with E-state index in [4.69, 9.17) is 15.3 Å². The fraction of sp³-hybridized carbons (Fsp3) is 0.103. The zero-order chi connectivity index (χ0) is 28.6. The Morgan fingerprint density at radius 1 is 0.789 bits per heavy atom. The van der Waals surface area contributed by atoms with Crippen molar-refractivity contribution in [3.8, 4) is 0 Å². The van der Waals surface area contributed by atoms with Gasteiger partial charge < -0.3 is 5.73 Å². The second kappa shape index (κ2) is 17.1. The number of rotatable bonds is 3. The number of nitrogens with two attached hydrogens (primary N) is 1. The second-order valence-corrected chi connectivity index (χ2v) is 9.43. The molecule has 4 aromatic carbocycles. The highest BCUT2D eigenvalue weighted by molar-refractivity contribution is 9.10. The van der Waals surface area contributed by atoms with E-state index >= 15 is 0 Å². The van der Waals surface area contributed by atoms with Gasteiger partial charge >= 0.3 is 12.3 Å². The molecule has 9 heteroatoms. The smallest absolute Gasteiger partial charge is 0.399 e. The maximum Gasteiger partial charge on any atom is 0.416 e. The highest BCUT2D eigenvalue weighted by Gasteiger charge is 2.30. The van der Waals surface area contributed by atoms with Crippen LogP contribution in [0.5, 0.6) is 0 Å². The number of hydrogen-bond donors (Lipinski definition) is 1. The number of ketones is 1. The SMILES string of the molecule is Brc1ccccc1.Cc1cccc(CC(=O)c2cccc(Br)c2)c1.Nc1cccc(C(F)(F)F)c1.O=C=O. The van der Waals surface area contributed by atoms with Crippen LogP contribution < -0.4 is 5.73 Å². The fourth-order valence-electron chi connectivity index (χ4n) is 2.90. The van der Waals surface area contributed by atoms with Crippen molar-refractivity contribution in [1.29, 1.82) is 0 Å². The van der Waals surface area contributed by atoms with Crippen LogP contribution in [0, 0.1) is 6.92 Å². The molecule has 0 fully saturated rings. The van der Waals surface area contributed by atoms with E-state index in [1.54, 1.807) is 0 Å². The van der Waals surface area contributed by atoms with E-state index in [1.807, 2.05) is 79.7 Å². The van der Waals surface area contributed by atoms with E-state index < -0.39 is 11.7 Å². The lowest BCUT2D eigenvalue weighted by atomic mass is 10.0. The van der Waals surface area contributed by atoms with Crippen LogP contribution in [0.1, 0.15) is 27.0 Å². The lowest BCUT2D eigenvalue weighted by Gasteiger charge is -2.05. The van der Waals surface area contributed by atoms with Crippen molar-refractivity contribution >= 4 is 49.5 Å². The van der Waals surface area contributed by atoms with Crippen LogP contribution in [0.3, 0.4) is 0 Å². The van der Waals surface area contributed by atoms with E-state index in [1.165, 1.54) is 17.7 Å². The van der Waals surface area contributed by atoms with Gasteiger partial charge in [0.25, 0.3) is 0 Å². The molecule has 0 unspecified atom stereocenters. The molecule has 4 rings (SSSR count). The summed E-state index contributed by atoms with van der Waals surface area (Å²) in [4.78, 5) is 28.3. The molecule has 4 aromatic rings. The number of hydrogen-bond acceptors (Lipinski definition) is 4. The van der Waals surface area contributed by atoms with E-state index in [9.17, 15) is 18.0 Å². The summed E-state index contributed by atoms with van der Waals surface area (Å²) < 4.78 is 37.8. The van der Waals surface area contributed by atoms with Crippen LogP contribution in [-0.2, 0) is 22.2 Å². The number of anilines is 1. The Hall–Kier alpha value is -3.52. The summed E-state index contributed by atoms with van der Waals surface area (Å²) in [5.41, 5.74) is 7.57. The zero-order valence-corrected chi connectivity index (χ0v) is 23.4. The van der Waals surface area contributed by atoms with Crippen molar-refractivity contribution in [1.82, 2.24) is 0 Å². The molecule has 0 saturated carbocycles. The van der Waals surface area contributed by atoms with Crippen molar-refractivity contribution in [3.63, 3.8) is 0 Å². The fourth-order valence-corrected chi connectivity index (χ4v) is 3.61. The van der Waals surface area contributed by atoms with Gasteiger partial charge in [0.1, 0.15) is 0 Å². The molecule has 0 saturated heterocycles. The Kier molecular flexibility index (Phi) is 14.6. The Labute approximate surface area is 236 Å². The van der Waals surface area contributed by atoms with Crippen molar-refractivity contribution in [2.45, 2.75) is 19.5 Å². The van der Waals surface area contributed by atoms with E-state index in [-0.39, 0.29) is 17.6 Å². The first-order valence-electron chi connectivity index (χ1n) is 10.9. The topological polar surface area (TPSA) is 77.2 Å². The van der Waals surface area contributed by atoms with Gasteiger partial charge in [-0.2, -0.15) is 22.8 Å². The molecule has 0 spiro atoms. The molecule has 0 aromatic heterocycles. The normalized spacial score (nSPS) is 9.74. The number of halogens is 5. The van der Waals surface area contributed by atoms with Gasteiger partial charge in [-0.25, -0.2) is 0 Å². The van der Waals surface area contributed by atoms with E-state index in [0.717, 1.165) is 32.2 Å². The number of nitrogen functional groups attached to an aromatic ring is 1. The summed E-state index contributed by atoms with van der Waals surface area (Å²) in [5.74, 6) is 0.150. The van der Waals surface area contributed by atoms with Crippen LogP contribution in [-0.4, -0.2) is 11.9 Å². The average molecular weight is 651 g/mol. The molecule has 0 bridgehead atoms. The Morgan fingerprint density at radius 2 is 1.37 bits per heavy atom. The van der Waals surface area contributed by atoms with Gasteiger partial charge in [-0.3, -0.25) is 4.79 Å². The summed E-state index contributed by atoms with van der Waals surface area (Å²) in [7, 11) is 0. The highest BCUT2D eigenvalue weighted by Crippen LogP contribution is 2.29. The summed E-state index contributed by atoms with van der Waals surface area (Å²) in [6, 6.07) is 30.1. The number of alkyl halides is 3. The molecule has 0 atom stereocenters. The van der Waals surface area contributed by atoms with Crippen molar-refractivity contribution < 1.29 is 27.6 Å². The molecular formula is C29H24Br2F3NO3. The van der Waals surface area contributed by atoms with Crippen molar-refractivity contribution in [2.75, 3.05) is 5.73 Å². The molecule has 4 nitrogen and oxygen atoms in total. The Morgan fingerprint density at radius 3 is 1.84 bits per heavy atom.